The number of imidazole rings is 1. The summed E-state index contributed by atoms with van der Waals surface area (Å²) in [6.07, 6.45) is 2.04. The van der Waals surface area contributed by atoms with Crippen molar-refractivity contribution >= 4 is 0 Å². The first-order chi connectivity index (χ1) is 8.33. The van der Waals surface area contributed by atoms with Crippen LogP contribution in [0.1, 0.15) is 12.6 Å². The van der Waals surface area contributed by atoms with Crippen molar-refractivity contribution < 1.29 is 4.74 Å². The average molecular weight is 227 g/mol. The van der Waals surface area contributed by atoms with E-state index >= 15 is 0 Å². The summed E-state index contributed by atoms with van der Waals surface area (Å²) in [7, 11) is 0. The van der Waals surface area contributed by atoms with Crippen molar-refractivity contribution in [1.29, 1.82) is 5.26 Å². The summed E-state index contributed by atoms with van der Waals surface area (Å²) < 4.78 is 5.37. The Kier molecular flexibility index (Phi) is 3.41. The lowest BCUT2D eigenvalue weighted by Crippen LogP contribution is -1.90. The fourth-order valence-corrected chi connectivity index (χ4v) is 1.56. The average Bonchev–Trinajstić information content (AvgIpc) is 2.80. The Morgan fingerprint density at radius 1 is 1.35 bits per heavy atom. The number of aromatic nitrogens is 2. The van der Waals surface area contributed by atoms with Gasteiger partial charge < -0.3 is 9.72 Å². The van der Waals surface area contributed by atoms with Gasteiger partial charge in [0.1, 0.15) is 11.6 Å². The Bertz CT molecular complexity index is 522. The monoisotopic (exact) mass is 227 g/mol. The van der Waals surface area contributed by atoms with Crippen LogP contribution in [0.5, 0.6) is 5.75 Å². The third-order valence-corrected chi connectivity index (χ3v) is 2.34. The van der Waals surface area contributed by atoms with E-state index in [1.807, 2.05) is 31.2 Å². The number of nitriles is 1. The molecule has 2 aromatic rings. The maximum Gasteiger partial charge on any atom is 0.137 e. The second-order valence-electron chi connectivity index (χ2n) is 3.55. The number of H-pyrrole nitrogens is 1. The molecule has 0 saturated carbocycles. The topological polar surface area (TPSA) is 61.7 Å². The Hall–Kier alpha value is -2.28. The van der Waals surface area contributed by atoms with Gasteiger partial charge in [-0.2, -0.15) is 5.26 Å². The summed E-state index contributed by atoms with van der Waals surface area (Å²) in [6, 6.07) is 9.79. The van der Waals surface area contributed by atoms with Gasteiger partial charge in [0.25, 0.3) is 0 Å². The molecule has 0 amide bonds. The highest BCUT2D eigenvalue weighted by atomic mass is 16.5. The predicted octanol–water partition coefficient (Wildman–Crippen LogP) is 2.54. The minimum atomic E-state index is 0.351. The maximum absolute atomic E-state index is 8.58. The number of hydrogen-bond donors (Lipinski definition) is 1. The molecule has 0 spiro atoms. The van der Waals surface area contributed by atoms with Crippen LogP contribution in [0.15, 0.2) is 30.5 Å². The molecule has 0 saturated heterocycles. The van der Waals surface area contributed by atoms with Gasteiger partial charge in [0.05, 0.1) is 19.1 Å². The number of ether oxygens (including phenoxy) is 1. The van der Waals surface area contributed by atoms with Gasteiger partial charge in [-0.15, -0.1) is 0 Å². The second-order valence-corrected chi connectivity index (χ2v) is 3.55. The van der Waals surface area contributed by atoms with Crippen molar-refractivity contribution in [2.24, 2.45) is 0 Å². The van der Waals surface area contributed by atoms with Crippen molar-refractivity contribution in [2.45, 2.75) is 13.3 Å². The smallest absolute Gasteiger partial charge is 0.137 e. The summed E-state index contributed by atoms with van der Waals surface area (Å²) in [5.74, 6) is 1.62. The van der Waals surface area contributed by atoms with Crippen molar-refractivity contribution in [3.8, 4) is 23.2 Å². The molecule has 0 atom stereocenters. The Balaban J connectivity index is 2.18. The van der Waals surface area contributed by atoms with Crippen LogP contribution >= 0.6 is 0 Å². The van der Waals surface area contributed by atoms with Gasteiger partial charge in [-0.3, -0.25) is 0 Å². The minimum absolute atomic E-state index is 0.351. The first-order valence-electron chi connectivity index (χ1n) is 5.47. The standard InChI is InChI=1S/C13H13N3O/c1-2-17-12-5-3-10(4-6-12)13-15-9-11(16-13)7-8-14/h3-6,9H,2,7H2,1H3,(H,15,16). The Labute approximate surface area is 99.9 Å². The van der Waals surface area contributed by atoms with E-state index in [9.17, 15) is 0 Å². The number of nitrogens with one attached hydrogen (secondary N) is 1. The first-order valence-corrected chi connectivity index (χ1v) is 5.47. The van der Waals surface area contributed by atoms with E-state index in [1.165, 1.54) is 0 Å². The third-order valence-electron chi connectivity index (χ3n) is 2.34. The zero-order valence-electron chi connectivity index (χ0n) is 9.60. The summed E-state index contributed by atoms with van der Waals surface area (Å²) in [5, 5.41) is 8.58. The molecule has 1 heterocycles. The van der Waals surface area contributed by atoms with Crippen LogP contribution in [0.2, 0.25) is 0 Å². The van der Waals surface area contributed by atoms with Crippen LogP contribution in [0.25, 0.3) is 11.4 Å². The van der Waals surface area contributed by atoms with Crippen molar-refractivity contribution in [1.82, 2.24) is 9.97 Å². The molecule has 0 fully saturated rings. The molecule has 1 N–H and O–H groups in total. The number of nitrogens with zero attached hydrogens (tertiary/aromatic N) is 2. The molecule has 86 valence electrons. The lowest BCUT2D eigenvalue weighted by atomic mass is 10.2. The largest absolute Gasteiger partial charge is 0.494 e. The molecular weight excluding hydrogens is 214 g/mol. The third kappa shape index (κ3) is 2.64. The molecule has 0 radical (unpaired) electrons. The van der Waals surface area contributed by atoms with Gasteiger partial charge >= 0.3 is 0 Å². The van der Waals surface area contributed by atoms with Crippen molar-refractivity contribution in [2.75, 3.05) is 6.61 Å². The van der Waals surface area contributed by atoms with E-state index in [-0.39, 0.29) is 0 Å². The molecule has 4 heteroatoms. The van der Waals surface area contributed by atoms with Crippen LogP contribution in [-0.2, 0) is 6.42 Å². The zero-order valence-corrected chi connectivity index (χ0v) is 9.60. The summed E-state index contributed by atoms with van der Waals surface area (Å²) >= 11 is 0. The lowest BCUT2D eigenvalue weighted by molar-refractivity contribution is 0.340. The van der Waals surface area contributed by atoms with Gasteiger partial charge in [0.2, 0.25) is 0 Å². The molecule has 1 aromatic heterocycles. The molecule has 0 unspecified atom stereocenters. The fourth-order valence-electron chi connectivity index (χ4n) is 1.56. The van der Waals surface area contributed by atoms with E-state index in [1.54, 1.807) is 6.20 Å². The Morgan fingerprint density at radius 3 is 2.76 bits per heavy atom. The van der Waals surface area contributed by atoms with Crippen molar-refractivity contribution in [3.63, 3.8) is 0 Å². The highest BCUT2D eigenvalue weighted by Gasteiger charge is 2.03. The van der Waals surface area contributed by atoms with Crippen LogP contribution in [0.4, 0.5) is 0 Å². The van der Waals surface area contributed by atoms with E-state index in [2.05, 4.69) is 16.0 Å². The number of rotatable bonds is 4. The predicted molar refractivity (Wildman–Crippen MR) is 64.5 cm³/mol. The van der Waals surface area contributed by atoms with Gasteiger partial charge in [-0.05, 0) is 31.2 Å². The van der Waals surface area contributed by atoms with Crippen molar-refractivity contribution in [3.05, 3.63) is 36.2 Å². The van der Waals surface area contributed by atoms with Crippen LogP contribution in [0.3, 0.4) is 0 Å². The molecule has 0 aliphatic heterocycles. The number of benzene rings is 1. The lowest BCUT2D eigenvalue weighted by Gasteiger charge is -2.03. The van der Waals surface area contributed by atoms with Crippen LogP contribution in [0, 0.1) is 11.3 Å². The first kappa shape index (κ1) is 11.2. The van der Waals surface area contributed by atoms with E-state index in [4.69, 9.17) is 10.00 Å². The Morgan fingerprint density at radius 2 is 2.12 bits per heavy atom. The second kappa shape index (κ2) is 5.17. The fraction of sp³-hybridized carbons (Fsp3) is 0.231. The maximum atomic E-state index is 8.58. The minimum Gasteiger partial charge on any atom is -0.494 e. The van der Waals surface area contributed by atoms with Gasteiger partial charge in [-0.25, -0.2) is 4.98 Å². The molecule has 0 aliphatic carbocycles. The van der Waals surface area contributed by atoms with E-state index < -0.39 is 0 Å². The SMILES string of the molecule is CCOc1ccc(-c2ncc(CC#N)[nH]2)cc1. The highest BCUT2D eigenvalue weighted by molar-refractivity contribution is 5.56. The summed E-state index contributed by atoms with van der Waals surface area (Å²) in [5.41, 5.74) is 1.81. The molecule has 1 aromatic carbocycles. The molecular formula is C13H13N3O. The quantitative estimate of drug-likeness (QED) is 0.873. The van der Waals surface area contributed by atoms with E-state index in [0.29, 0.717) is 13.0 Å². The van der Waals surface area contributed by atoms with Crippen LogP contribution < -0.4 is 4.74 Å². The number of hydrogen-bond acceptors (Lipinski definition) is 3. The summed E-state index contributed by atoms with van der Waals surface area (Å²) in [4.78, 5) is 7.34. The molecule has 0 bridgehead atoms. The van der Waals surface area contributed by atoms with Gasteiger partial charge in [0.15, 0.2) is 0 Å². The molecule has 17 heavy (non-hydrogen) atoms. The molecule has 4 nitrogen and oxygen atoms in total. The zero-order chi connectivity index (χ0) is 12.1. The van der Waals surface area contributed by atoms with E-state index in [0.717, 1.165) is 22.8 Å². The normalized spacial score (nSPS) is 9.88. The highest BCUT2D eigenvalue weighted by Crippen LogP contribution is 2.19. The summed E-state index contributed by atoms with van der Waals surface area (Å²) in [6.45, 7) is 2.61. The van der Waals surface area contributed by atoms with Gasteiger partial charge in [0, 0.05) is 17.5 Å². The van der Waals surface area contributed by atoms with Gasteiger partial charge in [-0.1, -0.05) is 0 Å². The number of aromatic amines is 1. The molecule has 2 rings (SSSR count). The van der Waals surface area contributed by atoms with Crippen LogP contribution in [-0.4, -0.2) is 16.6 Å². The molecule has 0 aliphatic rings.